The molecule has 0 aromatic heterocycles. The normalized spacial score (nSPS) is 16.3. The zero-order chi connectivity index (χ0) is 26.7. The Morgan fingerprint density at radius 1 is 0.944 bits per heavy atom. The summed E-state index contributed by atoms with van der Waals surface area (Å²) in [5, 5.41) is 2.43. The summed E-state index contributed by atoms with van der Waals surface area (Å²) in [5.74, 6) is 0. The van der Waals surface area contributed by atoms with Crippen LogP contribution in [0, 0.1) is 6.92 Å². The first-order valence-corrected chi connectivity index (χ1v) is 15.8. The van der Waals surface area contributed by atoms with Crippen LogP contribution in [0.1, 0.15) is 40.5 Å². The molecule has 1 aliphatic heterocycles. The summed E-state index contributed by atoms with van der Waals surface area (Å²) in [6.07, 6.45) is 3.07. The highest BCUT2D eigenvalue weighted by Crippen LogP contribution is 2.38. The minimum absolute atomic E-state index is 0.0456. The van der Waals surface area contributed by atoms with E-state index in [-0.39, 0.29) is 22.1 Å². The molecule has 190 valence electrons. The van der Waals surface area contributed by atoms with Crippen molar-refractivity contribution in [1.29, 1.82) is 0 Å². The van der Waals surface area contributed by atoms with Crippen LogP contribution in [0.2, 0.25) is 5.04 Å². The number of nitrogens with zero attached hydrogens (tertiary/aromatic N) is 2. The zero-order valence-electron chi connectivity index (χ0n) is 22.5. The molecule has 1 fully saturated rings. The molecule has 0 saturated carbocycles. The molecule has 36 heavy (non-hydrogen) atoms. The molecule has 0 spiro atoms. The van der Waals surface area contributed by atoms with E-state index in [1.165, 1.54) is 28.8 Å². The Bertz CT molecular complexity index is 1300. The van der Waals surface area contributed by atoms with Gasteiger partial charge in [-0.3, -0.25) is 0 Å². The van der Waals surface area contributed by atoms with Gasteiger partial charge in [-0.25, -0.2) is 0 Å². The van der Waals surface area contributed by atoms with Gasteiger partial charge in [-0.15, -0.1) is 4.40 Å². The Labute approximate surface area is 218 Å². The van der Waals surface area contributed by atoms with Gasteiger partial charge in [0.2, 0.25) is 0 Å². The fourth-order valence-corrected chi connectivity index (χ4v) is 10.5. The van der Waals surface area contributed by atoms with Crippen molar-refractivity contribution in [2.24, 2.45) is 4.40 Å². The third-order valence-electron chi connectivity index (χ3n) is 6.82. The maximum atomic E-state index is 12.7. The second-order valence-electron chi connectivity index (χ2n) is 10.4. The van der Waals surface area contributed by atoms with Gasteiger partial charge in [-0.05, 0) is 47.3 Å². The summed E-state index contributed by atoms with van der Waals surface area (Å²) in [5.41, 5.74) is 0.728. The number of hydrogen-bond acceptors (Lipinski definition) is 3. The lowest BCUT2D eigenvalue weighted by Crippen LogP contribution is -2.68. The van der Waals surface area contributed by atoms with Crippen LogP contribution in [0.4, 0.5) is 0 Å². The molecule has 3 aromatic rings. The van der Waals surface area contributed by atoms with E-state index in [1.807, 2.05) is 17.0 Å². The molecule has 0 atom stereocenters. The second-order valence-corrected chi connectivity index (χ2v) is 16.3. The van der Waals surface area contributed by atoms with Crippen LogP contribution in [0.3, 0.4) is 0 Å². The van der Waals surface area contributed by atoms with Crippen LogP contribution in [0.15, 0.2) is 94.2 Å². The molecule has 1 heterocycles. The van der Waals surface area contributed by atoms with Gasteiger partial charge in [0.05, 0.1) is 6.27 Å². The summed E-state index contributed by atoms with van der Waals surface area (Å²) in [4.78, 5) is 1.99. The van der Waals surface area contributed by atoms with Gasteiger partial charge in [-0.2, -0.15) is 8.42 Å². The van der Waals surface area contributed by atoms with Crippen molar-refractivity contribution in [3.05, 3.63) is 90.5 Å². The molecule has 0 unspecified atom stereocenters. The third kappa shape index (κ3) is 5.64. The first-order valence-electron chi connectivity index (χ1n) is 12.9. The Morgan fingerprint density at radius 2 is 1.50 bits per heavy atom. The Kier molecular flexibility index (Phi) is 7.41. The van der Waals surface area contributed by atoms with Crippen LogP contribution in [0.5, 0.6) is 0 Å². The molecule has 0 bridgehead atoms. The number of rotatable bonds is 7. The third-order valence-corrected chi connectivity index (χ3v) is 13.1. The van der Waals surface area contributed by atoms with Crippen LogP contribution >= 0.6 is 0 Å². The van der Waals surface area contributed by atoms with E-state index in [4.69, 9.17) is 5.80 Å². The SMILES string of the molecule is [2H]c1cc(S(=O)(=O)/N=C/N2CCC(O[Si](c3ccccc3)(c3ccccc3)C(C)(C)C)CC2)ccc1C. The lowest BCUT2D eigenvalue weighted by atomic mass is 10.1. The number of benzene rings is 3. The summed E-state index contributed by atoms with van der Waals surface area (Å²) < 4.78 is 44.4. The first kappa shape index (κ1) is 24.9. The molecule has 4 rings (SSSR count). The van der Waals surface area contributed by atoms with E-state index in [0.717, 1.165) is 18.4 Å². The molecule has 7 heteroatoms. The summed E-state index contributed by atoms with van der Waals surface area (Å²) in [6.45, 7) is 9.94. The van der Waals surface area contributed by atoms with E-state index in [0.29, 0.717) is 13.1 Å². The highest BCUT2D eigenvalue weighted by molar-refractivity contribution is 7.90. The Hall–Kier alpha value is -2.74. The second kappa shape index (κ2) is 10.7. The van der Waals surface area contributed by atoms with Crippen molar-refractivity contribution < 1.29 is 14.2 Å². The van der Waals surface area contributed by atoms with E-state index >= 15 is 0 Å². The first-order chi connectivity index (χ1) is 17.5. The van der Waals surface area contributed by atoms with Gasteiger partial charge < -0.3 is 9.33 Å². The van der Waals surface area contributed by atoms with Crippen LogP contribution in [-0.2, 0) is 14.4 Å². The van der Waals surface area contributed by atoms with Crippen molar-refractivity contribution >= 4 is 35.1 Å². The highest BCUT2D eigenvalue weighted by atomic mass is 32.2. The number of piperidine rings is 1. The largest absolute Gasteiger partial charge is 0.404 e. The lowest BCUT2D eigenvalue weighted by molar-refractivity contribution is 0.123. The van der Waals surface area contributed by atoms with Crippen molar-refractivity contribution in [2.75, 3.05) is 13.1 Å². The van der Waals surface area contributed by atoms with E-state index in [1.54, 1.807) is 13.0 Å². The minimum atomic E-state index is -3.85. The predicted octanol–water partition coefficient (Wildman–Crippen LogP) is 4.75. The molecule has 0 N–H and O–H groups in total. The summed E-state index contributed by atoms with van der Waals surface area (Å²) in [6, 6.07) is 25.9. The van der Waals surface area contributed by atoms with Gasteiger partial charge in [0.25, 0.3) is 18.3 Å². The molecule has 0 amide bonds. The molecular formula is C29H36N2O3SSi. The standard InChI is InChI=1S/C29H36N2O3SSi/c1-24-15-17-26(18-16-24)35(32,33)30-23-31-21-19-25(20-22-31)34-36(29(2,3)4,27-11-7-5-8-12-27)28-13-9-6-10-14-28/h5-18,23,25H,19-22H2,1-4H3/b30-23+/i15D. The van der Waals surface area contributed by atoms with Crippen molar-refractivity contribution in [3.63, 3.8) is 0 Å². The van der Waals surface area contributed by atoms with Crippen molar-refractivity contribution in [1.82, 2.24) is 4.90 Å². The number of sulfonamides is 1. The van der Waals surface area contributed by atoms with Crippen LogP contribution in [-0.4, -0.2) is 47.2 Å². The average Bonchev–Trinajstić information content (AvgIpc) is 2.88. The topological polar surface area (TPSA) is 59.0 Å². The highest BCUT2D eigenvalue weighted by Gasteiger charge is 2.51. The van der Waals surface area contributed by atoms with E-state index in [9.17, 15) is 8.42 Å². The maximum absolute atomic E-state index is 12.7. The van der Waals surface area contributed by atoms with E-state index < -0.39 is 18.3 Å². The Balaban J connectivity index is 1.52. The van der Waals surface area contributed by atoms with Gasteiger partial charge >= 0.3 is 0 Å². The smallest absolute Gasteiger partial charge is 0.283 e. The van der Waals surface area contributed by atoms with Gasteiger partial charge in [0, 0.05) is 19.2 Å². The fraction of sp³-hybridized carbons (Fsp3) is 0.345. The molecule has 3 aromatic carbocycles. The number of likely N-dealkylation sites (tertiary alicyclic amines) is 1. The zero-order valence-corrected chi connectivity index (χ0v) is 23.3. The van der Waals surface area contributed by atoms with Crippen molar-refractivity contribution in [2.45, 2.75) is 56.6 Å². The number of hydrogen-bond donors (Lipinski definition) is 0. The summed E-state index contributed by atoms with van der Waals surface area (Å²) >= 11 is 0. The maximum Gasteiger partial charge on any atom is 0.283 e. The molecule has 0 radical (unpaired) electrons. The number of aryl methyl sites for hydroxylation is 1. The predicted molar refractivity (Wildman–Crippen MR) is 150 cm³/mol. The van der Waals surface area contributed by atoms with Crippen LogP contribution < -0.4 is 10.4 Å². The Morgan fingerprint density at radius 3 is 2.00 bits per heavy atom. The van der Waals surface area contributed by atoms with Crippen LogP contribution in [0.25, 0.3) is 0 Å². The molecule has 1 aliphatic rings. The molecule has 1 saturated heterocycles. The van der Waals surface area contributed by atoms with Gasteiger partial charge in [0.15, 0.2) is 0 Å². The monoisotopic (exact) mass is 521 g/mol. The van der Waals surface area contributed by atoms with Gasteiger partial charge in [0.1, 0.15) is 6.34 Å². The average molecular weight is 522 g/mol. The summed E-state index contributed by atoms with van der Waals surface area (Å²) in [7, 11) is -6.48. The van der Waals surface area contributed by atoms with E-state index in [2.05, 4.69) is 73.7 Å². The molecule has 5 nitrogen and oxygen atoms in total. The molecule has 0 aliphatic carbocycles. The van der Waals surface area contributed by atoms with Gasteiger partial charge in [-0.1, -0.05) is 99.1 Å². The lowest BCUT2D eigenvalue weighted by Gasteiger charge is -2.46. The van der Waals surface area contributed by atoms with Crippen molar-refractivity contribution in [3.8, 4) is 0 Å². The quantitative estimate of drug-likeness (QED) is 0.256. The molecular weight excluding hydrogens is 484 g/mol. The fourth-order valence-electron chi connectivity index (χ4n) is 4.89. The minimum Gasteiger partial charge on any atom is -0.404 e.